The number of hydrogen-bond acceptors (Lipinski definition) is 4. The third-order valence-corrected chi connectivity index (χ3v) is 7.29. The first-order valence-electron chi connectivity index (χ1n) is 10.1. The summed E-state index contributed by atoms with van der Waals surface area (Å²) in [5, 5.41) is 1.85. The van der Waals surface area contributed by atoms with Crippen LogP contribution < -0.4 is 0 Å². The molecule has 150 valence electrons. The third-order valence-electron chi connectivity index (χ3n) is 5.85. The number of rotatable bonds is 4. The van der Waals surface area contributed by atoms with E-state index in [9.17, 15) is 9.59 Å². The topological polar surface area (TPSA) is 53.5 Å². The highest BCUT2D eigenvalue weighted by molar-refractivity contribution is 7.18. The zero-order valence-electron chi connectivity index (χ0n) is 16.4. The van der Waals surface area contributed by atoms with Gasteiger partial charge in [0.15, 0.2) is 0 Å². The monoisotopic (exact) mass is 419 g/mol. The molecule has 1 aromatic carbocycles. The van der Waals surface area contributed by atoms with Gasteiger partial charge in [0, 0.05) is 37.0 Å². The van der Waals surface area contributed by atoms with Crippen LogP contribution in [0.4, 0.5) is 0 Å². The molecule has 1 aromatic heterocycles. The molecule has 2 aliphatic rings. The van der Waals surface area contributed by atoms with E-state index in [0.717, 1.165) is 47.6 Å². The van der Waals surface area contributed by atoms with E-state index in [-0.39, 0.29) is 23.8 Å². The highest BCUT2D eigenvalue weighted by Gasteiger charge is 2.38. The second-order valence-electron chi connectivity index (χ2n) is 8.14. The van der Waals surface area contributed by atoms with Gasteiger partial charge < -0.3 is 9.80 Å². The Morgan fingerprint density at radius 3 is 2.64 bits per heavy atom. The van der Waals surface area contributed by atoms with E-state index in [1.54, 1.807) is 16.2 Å². The molecule has 2 aliphatic heterocycles. The number of carbonyl (C=O) groups excluding carboxylic acids is 2. The Kier molecular flexibility index (Phi) is 5.61. The van der Waals surface area contributed by atoms with E-state index in [2.05, 4.69) is 0 Å². The van der Waals surface area contributed by atoms with Crippen LogP contribution in [0.15, 0.2) is 18.2 Å². The van der Waals surface area contributed by atoms with Gasteiger partial charge in [0.2, 0.25) is 11.8 Å². The Morgan fingerprint density at radius 2 is 2.00 bits per heavy atom. The van der Waals surface area contributed by atoms with Gasteiger partial charge in [-0.2, -0.15) is 0 Å². The molecule has 3 heterocycles. The third kappa shape index (κ3) is 3.77. The maximum Gasteiger partial charge on any atom is 0.245 e. The molecule has 1 atom stereocenters. The van der Waals surface area contributed by atoms with E-state index in [4.69, 9.17) is 16.6 Å². The summed E-state index contributed by atoms with van der Waals surface area (Å²) in [6.45, 7) is 6.23. The van der Waals surface area contributed by atoms with E-state index < -0.39 is 0 Å². The molecule has 4 rings (SSSR count). The summed E-state index contributed by atoms with van der Waals surface area (Å²) in [5.41, 5.74) is 0.957. The van der Waals surface area contributed by atoms with Crippen LogP contribution >= 0.6 is 22.9 Å². The molecule has 1 unspecified atom stereocenters. The number of thiazole rings is 1. The van der Waals surface area contributed by atoms with Gasteiger partial charge in [-0.25, -0.2) is 4.98 Å². The quantitative estimate of drug-likeness (QED) is 0.742. The molecule has 0 aliphatic carbocycles. The summed E-state index contributed by atoms with van der Waals surface area (Å²) >= 11 is 7.81. The molecular weight excluding hydrogens is 394 g/mol. The number of likely N-dealkylation sites (tertiary alicyclic amines) is 2. The number of amides is 2. The SMILES string of the molecule is CC(C)C(C(=O)N1CCC(c2nc3cc(Cl)ccc3s2)CC1)N1CCCC1=O. The zero-order chi connectivity index (χ0) is 19.8. The highest BCUT2D eigenvalue weighted by Crippen LogP contribution is 2.35. The summed E-state index contributed by atoms with van der Waals surface area (Å²) < 4.78 is 1.16. The van der Waals surface area contributed by atoms with Crippen LogP contribution in [0.2, 0.25) is 5.02 Å². The first-order chi connectivity index (χ1) is 13.4. The predicted octanol–water partition coefficient (Wildman–Crippen LogP) is 4.30. The fraction of sp³-hybridized carbons (Fsp3) is 0.571. The predicted molar refractivity (Wildman–Crippen MR) is 113 cm³/mol. The molecule has 0 saturated carbocycles. The lowest BCUT2D eigenvalue weighted by molar-refractivity contribution is -0.146. The van der Waals surface area contributed by atoms with Crippen LogP contribution in [-0.2, 0) is 9.59 Å². The van der Waals surface area contributed by atoms with E-state index in [0.29, 0.717) is 23.9 Å². The lowest BCUT2D eigenvalue weighted by atomic mass is 9.95. The van der Waals surface area contributed by atoms with E-state index >= 15 is 0 Å². The van der Waals surface area contributed by atoms with E-state index in [1.165, 1.54) is 0 Å². The van der Waals surface area contributed by atoms with Crippen molar-refractivity contribution in [3.63, 3.8) is 0 Å². The van der Waals surface area contributed by atoms with Gasteiger partial charge in [0.25, 0.3) is 0 Å². The summed E-state index contributed by atoms with van der Waals surface area (Å²) in [6, 6.07) is 5.52. The second kappa shape index (κ2) is 7.99. The Morgan fingerprint density at radius 1 is 1.25 bits per heavy atom. The first-order valence-corrected chi connectivity index (χ1v) is 11.3. The van der Waals surface area contributed by atoms with Crippen molar-refractivity contribution in [3.05, 3.63) is 28.2 Å². The van der Waals surface area contributed by atoms with Gasteiger partial charge >= 0.3 is 0 Å². The second-order valence-corrected chi connectivity index (χ2v) is 9.64. The van der Waals surface area contributed by atoms with Crippen LogP contribution in [0.25, 0.3) is 10.2 Å². The van der Waals surface area contributed by atoms with E-state index in [1.807, 2.05) is 36.9 Å². The van der Waals surface area contributed by atoms with Crippen molar-refractivity contribution in [3.8, 4) is 0 Å². The van der Waals surface area contributed by atoms with Gasteiger partial charge in [-0.15, -0.1) is 11.3 Å². The fourth-order valence-corrected chi connectivity index (χ4v) is 5.65. The van der Waals surface area contributed by atoms with Gasteiger partial charge in [-0.3, -0.25) is 9.59 Å². The smallest absolute Gasteiger partial charge is 0.245 e. The molecule has 0 radical (unpaired) electrons. The Balaban J connectivity index is 1.43. The fourth-order valence-electron chi connectivity index (χ4n) is 4.37. The molecule has 0 spiro atoms. The van der Waals surface area contributed by atoms with Gasteiger partial charge in [0.05, 0.1) is 15.2 Å². The summed E-state index contributed by atoms with van der Waals surface area (Å²) in [7, 11) is 0. The van der Waals surface area contributed by atoms with Crippen molar-refractivity contribution >= 4 is 45.0 Å². The molecule has 28 heavy (non-hydrogen) atoms. The number of carbonyl (C=O) groups is 2. The molecule has 7 heteroatoms. The lowest BCUT2D eigenvalue weighted by Gasteiger charge is -2.37. The summed E-state index contributed by atoms with van der Waals surface area (Å²) in [5.74, 6) is 0.738. The van der Waals surface area contributed by atoms with Crippen LogP contribution in [0.5, 0.6) is 0 Å². The molecule has 2 fully saturated rings. The number of aromatic nitrogens is 1. The molecule has 0 N–H and O–H groups in total. The Hall–Kier alpha value is -1.66. The van der Waals surface area contributed by atoms with Crippen LogP contribution in [0.1, 0.15) is 50.5 Å². The largest absolute Gasteiger partial charge is 0.341 e. The molecule has 5 nitrogen and oxygen atoms in total. The Bertz CT molecular complexity index is 889. The van der Waals surface area contributed by atoms with Crippen LogP contribution in [-0.4, -0.2) is 52.3 Å². The minimum atomic E-state index is -0.323. The molecule has 2 saturated heterocycles. The molecular formula is C21H26ClN3O2S. The summed E-state index contributed by atoms with van der Waals surface area (Å²) in [4.78, 5) is 33.9. The Labute approximate surface area is 174 Å². The molecule has 2 aromatic rings. The maximum atomic E-state index is 13.2. The number of nitrogens with zero attached hydrogens (tertiary/aromatic N) is 3. The lowest BCUT2D eigenvalue weighted by Crippen LogP contribution is -2.53. The maximum absolute atomic E-state index is 13.2. The molecule has 2 amide bonds. The number of hydrogen-bond donors (Lipinski definition) is 0. The highest BCUT2D eigenvalue weighted by atomic mass is 35.5. The number of halogens is 1. The van der Waals surface area contributed by atoms with Crippen LogP contribution in [0.3, 0.4) is 0 Å². The normalized spacial score (nSPS) is 19.8. The number of fused-ring (bicyclic) bond motifs is 1. The first kappa shape index (κ1) is 19.6. The van der Waals surface area contributed by atoms with Crippen molar-refractivity contribution in [2.45, 2.75) is 51.5 Å². The van der Waals surface area contributed by atoms with Crippen molar-refractivity contribution in [2.75, 3.05) is 19.6 Å². The average molecular weight is 420 g/mol. The standard InChI is InChI=1S/C21H26ClN3O2S/c1-13(2)19(25-9-3-4-18(25)26)21(27)24-10-7-14(8-11-24)20-23-16-12-15(22)5-6-17(16)28-20/h5-6,12-14,19H,3-4,7-11H2,1-2H3. The van der Waals surface area contributed by atoms with Crippen molar-refractivity contribution in [1.29, 1.82) is 0 Å². The van der Waals surface area contributed by atoms with Gasteiger partial charge in [-0.05, 0) is 43.4 Å². The van der Waals surface area contributed by atoms with Gasteiger partial charge in [0.1, 0.15) is 6.04 Å². The average Bonchev–Trinajstić information content (AvgIpc) is 3.28. The van der Waals surface area contributed by atoms with Crippen LogP contribution in [0, 0.1) is 5.92 Å². The minimum absolute atomic E-state index is 0.111. The van der Waals surface area contributed by atoms with Gasteiger partial charge in [-0.1, -0.05) is 25.4 Å². The summed E-state index contributed by atoms with van der Waals surface area (Å²) in [6.07, 6.45) is 3.26. The van der Waals surface area contributed by atoms with Crippen molar-refractivity contribution in [1.82, 2.24) is 14.8 Å². The minimum Gasteiger partial charge on any atom is -0.341 e. The van der Waals surface area contributed by atoms with Crippen molar-refractivity contribution < 1.29 is 9.59 Å². The number of benzene rings is 1. The van der Waals surface area contributed by atoms with Crippen molar-refractivity contribution in [2.24, 2.45) is 5.92 Å². The number of piperidine rings is 1. The molecule has 0 bridgehead atoms. The zero-order valence-corrected chi connectivity index (χ0v) is 17.9.